The minimum atomic E-state index is -2.92. The van der Waals surface area contributed by atoms with Gasteiger partial charge in [0.2, 0.25) is 0 Å². The maximum absolute atomic E-state index is 14.2. The van der Waals surface area contributed by atoms with Crippen molar-refractivity contribution in [2.75, 3.05) is 44.7 Å². The van der Waals surface area contributed by atoms with Crippen molar-refractivity contribution in [3.05, 3.63) is 35.6 Å². The summed E-state index contributed by atoms with van der Waals surface area (Å²) >= 11 is 0. The molecule has 1 aromatic rings. The highest BCUT2D eigenvalue weighted by molar-refractivity contribution is 14.0. The van der Waals surface area contributed by atoms with Crippen LogP contribution < -0.4 is 10.6 Å². The Morgan fingerprint density at radius 2 is 1.93 bits per heavy atom. The topological polar surface area (TPSA) is 73.8 Å². The first-order valence-corrected chi connectivity index (χ1v) is 12.6. The SMILES string of the molecule is CCNC(=NCC1(c2ccccc2F)CC1)NC1CCN(CCS(C)(=O)=O)CC1.I. The van der Waals surface area contributed by atoms with Crippen molar-refractivity contribution in [1.82, 2.24) is 15.5 Å². The van der Waals surface area contributed by atoms with Gasteiger partial charge in [0.15, 0.2) is 5.96 Å². The molecule has 0 aromatic heterocycles. The Morgan fingerprint density at radius 1 is 1.27 bits per heavy atom. The predicted octanol–water partition coefficient (Wildman–Crippen LogP) is 2.54. The number of benzene rings is 1. The third-order valence-electron chi connectivity index (χ3n) is 5.89. The number of aliphatic imine (C=N–C) groups is 1. The van der Waals surface area contributed by atoms with Gasteiger partial charge in [-0.25, -0.2) is 12.8 Å². The zero-order valence-electron chi connectivity index (χ0n) is 17.9. The van der Waals surface area contributed by atoms with E-state index in [1.54, 1.807) is 6.07 Å². The Morgan fingerprint density at radius 3 is 2.50 bits per heavy atom. The maximum atomic E-state index is 14.2. The van der Waals surface area contributed by atoms with Gasteiger partial charge in [-0.05, 0) is 44.2 Å². The Labute approximate surface area is 197 Å². The van der Waals surface area contributed by atoms with E-state index < -0.39 is 9.84 Å². The van der Waals surface area contributed by atoms with Gasteiger partial charge in [0.25, 0.3) is 0 Å². The van der Waals surface area contributed by atoms with Gasteiger partial charge in [-0.15, -0.1) is 24.0 Å². The molecule has 0 atom stereocenters. The van der Waals surface area contributed by atoms with Crippen LogP contribution in [0.3, 0.4) is 0 Å². The third kappa shape index (κ3) is 7.33. The van der Waals surface area contributed by atoms with Gasteiger partial charge in [-0.3, -0.25) is 4.99 Å². The van der Waals surface area contributed by atoms with Gasteiger partial charge in [0, 0.05) is 43.9 Å². The molecule has 0 spiro atoms. The summed E-state index contributed by atoms with van der Waals surface area (Å²) in [6.07, 6.45) is 5.12. The van der Waals surface area contributed by atoms with E-state index in [1.807, 2.05) is 19.1 Å². The zero-order chi connectivity index (χ0) is 20.9. The van der Waals surface area contributed by atoms with E-state index in [0.717, 1.165) is 56.8 Å². The molecule has 1 aliphatic heterocycles. The Balaban J connectivity index is 0.00000320. The molecular formula is C21H34FIN4O2S. The molecule has 1 aliphatic carbocycles. The van der Waals surface area contributed by atoms with E-state index in [-0.39, 0.29) is 41.0 Å². The first-order valence-electron chi connectivity index (χ1n) is 10.5. The molecule has 170 valence electrons. The van der Waals surface area contributed by atoms with E-state index in [0.29, 0.717) is 19.1 Å². The molecule has 1 saturated carbocycles. The van der Waals surface area contributed by atoms with Crippen LogP contribution in [0.2, 0.25) is 0 Å². The average molecular weight is 552 g/mol. The molecule has 30 heavy (non-hydrogen) atoms. The van der Waals surface area contributed by atoms with E-state index in [9.17, 15) is 12.8 Å². The molecule has 2 N–H and O–H groups in total. The monoisotopic (exact) mass is 552 g/mol. The van der Waals surface area contributed by atoms with Crippen molar-refractivity contribution in [2.24, 2.45) is 4.99 Å². The predicted molar refractivity (Wildman–Crippen MR) is 131 cm³/mol. The van der Waals surface area contributed by atoms with Crippen LogP contribution in [0, 0.1) is 5.82 Å². The lowest BCUT2D eigenvalue weighted by Crippen LogP contribution is -2.49. The smallest absolute Gasteiger partial charge is 0.191 e. The highest BCUT2D eigenvalue weighted by Gasteiger charge is 2.45. The van der Waals surface area contributed by atoms with Gasteiger partial charge in [-0.1, -0.05) is 18.2 Å². The second kappa shape index (κ2) is 11.1. The molecule has 6 nitrogen and oxygen atoms in total. The standard InChI is InChI=1S/C21H33FN4O2S.HI/c1-3-23-20(24-16-21(10-11-21)18-6-4-5-7-19(18)22)25-17-8-12-26(13-9-17)14-15-29(2,27)28;/h4-7,17H,3,8-16H2,1-2H3,(H2,23,24,25);1H. The number of guanidine groups is 1. The number of piperidine rings is 1. The number of rotatable bonds is 8. The normalized spacial score (nSPS) is 19.8. The minimum absolute atomic E-state index is 0. The van der Waals surface area contributed by atoms with Crippen molar-refractivity contribution in [3.63, 3.8) is 0 Å². The van der Waals surface area contributed by atoms with Crippen LogP contribution in [-0.2, 0) is 15.3 Å². The summed E-state index contributed by atoms with van der Waals surface area (Å²) in [5.74, 6) is 0.858. The van der Waals surface area contributed by atoms with Crippen LogP contribution in [0.1, 0.15) is 38.2 Å². The van der Waals surface area contributed by atoms with E-state index in [2.05, 4.69) is 15.5 Å². The van der Waals surface area contributed by atoms with Crippen LogP contribution >= 0.6 is 24.0 Å². The Kier molecular flexibility index (Phi) is 9.35. The third-order valence-corrected chi connectivity index (χ3v) is 6.81. The fourth-order valence-electron chi connectivity index (χ4n) is 3.89. The summed E-state index contributed by atoms with van der Waals surface area (Å²) < 4.78 is 36.9. The van der Waals surface area contributed by atoms with E-state index in [4.69, 9.17) is 4.99 Å². The van der Waals surface area contributed by atoms with Crippen LogP contribution in [0.15, 0.2) is 29.3 Å². The van der Waals surface area contributed by atoms with Gasteiger partial charge in [0.05, 0.1) is 12.3 Å². The average Bonchev–Trinajstić information content (AvgIpc) is 3.46. The van der Waals surface area contributed by atoms with Crippen molar-refractivity contribution in [2.45, 2.75) is 44.1 Å². The highest BCUT2D eigenvalue weighted by Crippen LogP contribution is 2.49. The molecule has 0 bridgehead atoms. The number of hydrogen-bond acceptors (Lipinski definition) is 4. The van der Waals surface area contributed by atoms with Crippen LogP contribution in [0.5, 0.6) is 0 Å². The first kappa shape index (κ1) is 25.3. The first-order chi connectivity index (χ1) is 13.8. The molecule has 9 heteroatoms. The van der Waals surface area contributed by atoms with Crippen LogP contribution in [0.25, 0.3) is 0 Å². The number of sulfone groups is 1. The fraction of sp³-hybridized carbons (Fsp3) is 0.667. The second-order valence-corrected chi connectivity index (χ2v) is 10.6. The zero-order valence-corrected chi connectivity index (χ0v) is 21.0. The Hall–Kier alpha value is -0.940. The molecule has 0 unspecified atom stereocenters. The molecule has 0 radical (unpaired) electrons. The van der Waals surface area contributed by atoms with E-state index in [1.165, 1.54) is 12.3 Å². The largest absolute Gasteiger partial charge is 0.357 e. The molecule has 3 rings (SSSR count). The molecule has 2 aliphatic rings. The van der Waals surface area contributed by atoms with E-state index >= 15 is 0 Å². The van der Waals surface area contributed by atoms with Gasteiger partial charge in [-0.2, -0.15) is 0 Å². The molecular weight excluding hydrogens is 518 g/mol. The fourth-order valence-corrected chi connectivity index (χ4v) is 4.48. The highest BCUT2D eigenvalue weighted by atomic mass is 127. The molecule has 0 amide bonds. The lowest BCUT2D eigenvalue weighted by atomic mass is 9.95. The number of nitrogens with one attached hydrogen (secondary N) is 2. The summed E-state index contributed by atoms with van der Waals surface area (Å²) in [5, 5.41) is 6.82. The van der Waals surface area contributed by atoms with Gasteiger partial charge < -0.3 is 15.5 Å². The van der Waals surface area contributed by atoms with Crippen LogP contribution in [0.4, 0.5) is 4.39 Å². The molecule has 2 fully saturated rings. The molecule has 1 heterocycles. The second-order valence-electron chi connectivity index (χ2n) is 8.35. The molecule has 1 saturated heterocycles. The van der Waals surface area contributed by atoms with Crippen molar-refractivity contribution in [3.8, 4) is 0 Å². The van der Waals surface area contributed by atoms with Crippen LogP contribution in [-0.4, -0.2) is 70.1 Å². The quantitative estimate of drug-likeness (QED) is 0.295. The van der Waals surface area contributed by atoms with Gasteiger partial charge >= 0.3 is 0 Å². The number of nitrogens with zero attached hydrogens (tertiary/aromatic N) is 2. The molecule has 1 aromatic carbocycles. The lowest BCUT2D eigenvalue weighted by Gasteiger charge is -2.33. The number of hydrogen-bond donors (Lipinski definition) is 2. The summed E-state index contributed by atoms with van der Waals surface area (Å²) in [6.45, 7) is 5.75. The lowest BCUT2D eigenvalue weighted by molar-refractivity contribution is 0.216. The minimum Gasteiger partial charge on any atom is -0.357 e. The van der Waals surface area contributed by atoms with Crippen molar-refractivity contribution in [1.29, 1.82) is 0 Å². The maximum Gasteiger partial charge on any atom is 0.191 e. The van der Waals surface area contributed by atoms with Crippen molar-refractivity contribution < 1.29 is 12.8 Å². The Bertz CT molecular complexity index is 822. The summed E-state index contributed by atoms with van der Waals surface area (Å²) in [6, 6.07) is 7.34. The number of halogens is 2. The summed E-state index contributed by atoms with van der Waals surface area (Å²) in [7, 11) is -2.92. The summed E-state index contributed by atoms with van der Waals surface area (Å²) in [5.41, 5.74) is 0.613. The van der Waals surface area contributed by atoms with Gasteiger partial charge in [0.1, 0.15) is 15.7 Å². The number of likely N-dealkylation sites (tertiary alicyclic amines) is 1. The summed E-state index contributed by atoms with van der Waals surface area (Å²) in [4.78, 5) is 6.99. The van der Waals surface area contributed by atoms with Crippen molar-refractivity contribution >= 4 is 39.8 Å².